The second kappa shape index (κ2) is 11.9. The summed E-state index contributed by atoms with van der Waals surface area (Å²) in [6, 6.07) is 3.78. The molecule has 1 aliphatic rings. The highest BCUT2D eigenvalue weighted by Gasteiger charge is 2.11. The largest absolute Gasteiger partial charge is 0.391 e. The van der Waals surface area contributed by atoms with Crippen molar-refractivity contribution < 1.29 is 23.1 Å². The van der Waals surface area contributed by atoms with E-state index in [1.807, 2.05) is 6.08 Å². The first-order valence-corrected chi connectivity index (χ1v) is 8.48. The fourth-order valence-electron chi connectivity index (χ4n) is 2.63. The van der Waals surface area contributed by atoms with Crippen LogP contribution in [-0.2, 0) is 4.79 Å². The second-order valence-electron chi connectivity index (χ2n) is 5.99. The molecule has 0 aliphatic heterocycles. The lowest BCUT2D eigenvalue weighted by Crippen LogP contribution is -2.16. The Bertz CT molecular complexity index is 706. The maximum atomic E-state index is 11.7. The van der Waals surface area contributed by atoms with Gasteiger partial charge in [0.05, 0.1) is 18.5 Å². The summed E-state index contributed by atoms with van der Waals surface area (Å²) in [7, 11) is 0. The number of nitriles is 1. The lowest BCUT2D eigenvalue weighted by molar-refractivity contribution is -0.113. The van der Waals surface area contributed by atoms with Crippen molar-refractivity contribution in [3.63, 3.8) is 0 Å². The molecule has 1 heterocycles. The third kappa shape index (κ3) is 8.51. The molecular weight excluding hydrogens is 359 g/mol. The molecule has 2 N–H and O–H groups in total. The number of amides is 1. The van der Waals surface area contributed by atoms with Crippen molar-refractivity contribution in [2.24, 2.45) is 5.92 Å². The number of anilines is 1. The zero-order valence-corrected chi connectivity index (χ0v) is 14.8. The predicted molar refractivity (Wildman–Crippen MR) is 96.5 cm³/mol. The average Bonchev–Trinajstić information content (AvgIpc) is 2.66. The molecule has 1 aromatic heterocycles. The lowest BCUT2D eigenvalue weighted by Gasteiger charge is -2.17. The van der Waals surface area contributed by atoms with Gasteiger partial charge in [-0.1, -0.05) is 38.0 Å². The minimum absolute atomic E-state index is 0.0775. The fraction of sp³-hybridized carbons (Fsp3) is 0.421. The Morgan fingerprint density at radius 2 is 2.04 bits per heavy atom. The van der Waals surface area contributed by atoms with Gasteiger partial charge in [0, 0.05) is 11.1 Å². The van der Waals surface area contributed by atoms with E-state index in [0.717, 1.165) is 0 Å². The number of allylic oxidation sites excluding steroid dienone is 1. The van der Waals surface area contributed by atoms with Gasteiger partial charge in [0.1, 0.15) is 11.8 Å². The third-order valence-electron chi connectivity index (χ3n) is 3.99. The summed E-state index contributed by atoms with van der Waals surface area (Å²) in [6.45, 7) is -0.591. The Balaban J connectivity index is 0.000000828. The Morgan fingerprint density at radius 3 is 2.59 bits per heavy atom. The minimum atomic E-state index is -3.67. The van der Waals surface area contributed by atoms with Crippen molar-refractivity contribution in [1.82, 2.24) is 4.98 Å². The van der Waals surface area contributed by atoms with Gasteiger partial charge in [0.25, 0.3) is 5.91 Å². The van der Waals surface area contributed by atoms with Crippen molar-refractivity contribution in [1.29, 1.82) is 5.26 Å². The number of nitrogens with zero attached hydrogens (tertiary/aromatic N) is 2. The maximum absolute atomic E-state index is 11.7. The number of carbonyl (C=O) groups is 1. The number of pyridine rings is 1. The molecule has 0 aromatic carbocycles. The number of hydrogen-bond acceptors (Lipinski definition) is 4. The van der Waals surface area contributed by atoms with Crippen LogP contribution in [0.5, 0.6) is 0 Å². The van der Waals surface area contributed by atoms with Crippen molar-refractivity contribution in [2.45, 2.75) is 38.8 Å². The monoisotopic (exact) mass is 381 g/mol. The van der Waals surface area contributed by atoms with E-state index < -0.39 is 19.2 Å². The van der Waals surface area contributed by atoms with Gasteiger partial charge in [0.15, 0.2) is 0 Å². The molecule has 1 aromatic rings. The van der Waals surface area contributed by atoms with E-state index in [9.17, 15) is 23.2 Å². The summed E-state index contributed by atoms with van der Waals surface area (Å²) < 4.78 is 29.0. The first-order valence-electron chi connectivity index (χ1n) is 8.48. The molecule has 0 radical (unpaired) electrons. The number of halogens is 3. The fourth-order valence-corrected chi connectivity index (χ4v) is 2.63. The van der Waals surface area contributed by atoms with E-state index in [2.05, 4.69) is 29.0 Å². The van der Waals surface area contributed by atoms with Crippen LogP contribution >= 0.6 is 0 Å². The van der Waals surface area contributed by atoms with Crippen LogP contribution in [0, 0.1) is 17.2 Å². The molecule has 0 saturated heterocycles. The first-order chi connectivity index (χ1) is 12.9. The molecule has 8 heteroatoms. The lowest BCUT2D eigenvalue weighted by atomic mass is 9.88. The van der Waals surface area contributed by atoms with Crippen LogP contribution < -0.4 is 5.32 Å². The summed E-state index contributed by atoms with van der Waals surface area (Å²) in [4.78, 5) is 15.8. The predicted octanol–water partition coefficient (Wildman–Crippen LogP) is 4.21. The van der Waals surface area contributed by atoms with Crippen LogP contribution in [0.3, 0.4) is 0 Å². The van der Waals surface area contributed by atoms with E-state index in [1.54, 1.807) is 6.07 Å². The number of alkyl halides is 3. The average molecular weight is 381 g/mol. The second-order valence-corrected chi connectivity index (χ2v) is 5.99. The Morgan fingerprint density at radius 1 is 1.41 bits per heavy atom. The molecule has 1 aliphatic carbocycles. The summed E-state index contributed by atoms with van der Waals surface area (Å²) in [5.41, 5.74) is 1.57. The van der Waals surface area contributed by atoms with Gasteiger partial charge in [-0.25, -0.2) is 4.98 Å². The van der Waals surface area contributed by atoms with Gasteiger partial charge >= 0.3 is 6.68 Å². The Kier molecular flexibility index (Phi) is 9.83. The van der Waals surface area contributed by atoms with Crippen molar-refractivity contribution in [3.05, 3.63) is 41.7 Å². The summed E-state index contributed by atoms with van der Waals surface area (Å²) >= 11 is 0. The smallest absolute Gasteiger partial charge is 0.379 e. The zero-order chi connectivity index (χ0) is 20.2. The summed E-state index contributed by atoms with van der Waals surface area (Å²) in [6.07, 6.45) is 11.6. The van der Waals surface area contributed by atoms with Gasteiger partial charge in [-0.3, -0.25) is 4.79 Å². The van der Waals surface area contributed by atoms with E-state index in [0.29, 0.717) is 22.9 Å². The first kappa shape index (κ1) is 22.4. The number of aliphatic hydroxyl groups excluding tert-OH is 1. The van der Waals surface area contributed by atoms with Gasteiger partial charge in [-0.05, 0) is 24.8 Å². The van der Waals surface area contributed by atoms with E-state index in [4.69, 9.17) is 5.11 Å². The van der Waals surface area contributed by atoms with E-state index in [1.165, 1.54) is 38.3 Å². The highest BCUT2D eigenvalue weighted by atomic mass is 19.4. The van der Waals surface area contributed by atoms with Crippen LogP contribution in [0.25, 0.3) is 6.08 Å². The number of aromatic nitrogens is 1. The van der Waals surface area contributed by atoms with Crippen LogP contribution in [0.2, 0.25) is 0 Å². The molecule has 0 spiro atoms. The van der Waals surface area contributed by atoms with Crippen molar-refractivity contribution in [3.8, 4) is 6.07 Å². The molecule has 27 heavy (non-hydrogen) atoms. The van der Waals surface area contributed by atoms with Crippen LogP contribution in [0.4, 0.5) is 18.9 Å². The standard InChI is InChI=1S/C18H21N3O2.CHF3/c1-13(12-22)18(23)21-16-9-15(17(10-19)20-11-16)8-7-14-5-3-2-4-6-14;2-1(3)4/h7-9,11,14,22H,1-6,12H2,(H,21,23);1H/b8-7+;. The molecular formula is C19H22F3N3O2. The molecule has 5 nitrogen and oxygen atoms in total. The number of rotatable bonds is 5. The van der Waals surface area contributed by atoms with Crippen LogP contribution in [-0.4, -0.2) is 29.3 Å². The van der Waals surface area contributed by atoms with Crippen LogP contribution in [0.15, 0.2) is 30.5 Å². The Hall–Kier alpha value is -2.66. The number of nitrogens with one attached hydrogen (secondary N) is 1. The van der Waals surface area contributed by atoms with Crippen LogP contribution in [0.1, 0.15) is 43.4 Å². The topological polar surface area (TPSA) is 86.0 Å². The molecule has 146 valence electrons. The molecule has 0 bridgehead atoms. The molecule has 0 atom stereocenters. The molecule has 0 unspecified atom stereocenters. The number of aliphatic hydroxyl groups is 1. The molecule has 1 saturated carbocycles. The number of carbonyl (C=O) groups excluding carboxylic acids is 1. The molecule has 1 amide bonds. The van der Waals surface area contributed by atoms with Gasteiger partial charge in [0.2, 0.25) is 0 Å². The normalized spacial score (nSPS) is 14.4. The maximum Gasteiger partial charge on any atom is 0.379 e. The van der Waals surface area contributed by atoms with Gasteiger partial charge < -0.3 is 10.4 Å². The van der Waals surface area contributed by atoms with E-state index in [-0.39, 0.29) is 5.57 Å². The Labute approximate surface area is 156 Å². The highest BCUT2D eigenvalue weighted by molar-refractivity contribution is 6.03. The van der Waals surface area contributed by atoms with Crippen molar-refractivity contribution in [2.75, 3.05) is 11.9 Å². The van der Waals surface area contributed by atoms with Crippen molar-refractivity contribution >= 4 is 17.7 Å². The van der Waals surface area contributed by atoms with E-state index >= 15 is 0 Å². The molecule has 1 fully saturated rings. The number of hydrogen-bond donors (Lipinski definition) is 2. The minimum Gasteiger partial charge on any atom is -0.391 e. The summed E-state index contributed by atoms with van der Waals surface area (Å²) in [5, 5.41) is 20.7. The summed E-state index contributed by atoms with van der Waals surface area (Å²) in [5.74, 6) is 0.0870. The SMILES string of the molecule is C=C(CO)C(=O)Nc1cnc(C#N)c(/C=C/C2CCCCC2)c1.FC(F)F. The van der Waals surface area contributed by atoms with Gasteiger partial charge in [-0.15, -0.1) is 0 Å². The quantitative estimate of drug-likeness (QED) is 0.748. The van der Waals surface area contributed by atoms with Gasteiger partial charge in [-0.2, -0.15) is 18.4 Å². The third-order valence-corrected chi connectivity index (χ3v) is 3.99. The zero-order valence-electron chi connectivity index (χ0n) is 14.8. The highest BCUT2D eigenvalue weighted by Crippen LogP contribution is 2.26. The molecule has 2 rings (SSSR count).